The Morgan fingerprint density at radius 1 is 1.00 bits per heavy atom. The van der Waals surface area contributed by atoms with Gasteiger partial charge < -0.3 is 19.3 Å². The fourth-order valence-electron chi connectivity index (χ4n) is 3.68. The van der Waals surface area contributed by atoms with Crippen molar-refractivity contribution in [3.8, 4) is 17.4 Å². The summed E-state index contributed by atoms with van der Waals surface area (Å²) in [7, 11) is 1.67. The molecule has 6 nitrogen and oxygen atoms in total. The fraction of sp³-hybridized carbons (Fsp3) is 0.250. The number of hydrogen-bond donors (Lipinski definition) is 0. The molecule has 3 aromatic rings. The Hall–Kier alpha value is -3.25. The zero-order chi connectivity index (χ0) is 21.8. The Balaban J connectivity index is 1.48. The first-order valence-corrected chi connectivity index (χ1v) is 10.5. The number of anilines is 1. The van der Waals surface area contributed by atoms with Gasteiger partial charge >= 0.3 is 0 Å². The van der Waals surface area contributed by atoms with E-state index in [1.165, 1.54) is 0 Å². The summed E-state index contributed by atoms with van der Waals surface area (Å²) in [5.41, 5.74) is 2.37. The van der Waals surface area contributed by atoms with Crippen molar-refractivity contribution >= 4 is 23.2 Å². The number of piperazine rings is 1. The van der Waals surface area contributed by atoms with Crippen molar-refractivity contribution in [3.05, 3.63) is 76.9 Å². The van der Waals surface area contributed by atoms with E-state index < -0.39 is 0 Å². The Morgan fingerprint density at radius 3 is 2.52 bits per heavy atom. The van der Waals surface area contributed by atoms with Crippen LogP contribution in [0.1, 0.15) is 15.9 Å². The first kappa shape index (κ1) is 21.0. The van der Waals surface area contributed by atoms with Crippen LogP contribution in [0.15, 0.2) is 60.8 Å². The Kier molecular flexibility index (Phi) is 6.28. The highest BCUT2D eigenvalue weighted by Gasteiger charge is 2.26. The molecule has 0 spiro atoms. The lowest BCUT2D eigenvalue weighted by Gasteiger charge is -2.36. The van der Waals surface area contributed by atoms with Crippen molar-refractivity contribution < 1.29 is 14.3 Å². The normalized spacial score (nSPS) is 13.8. The summed E-state index contributed by atoms with van der Waals surface area (Å²) in [6.07, 6.45) is 1.62. The van der Waals surface area contributed by atoms with Crippen molar-refractivity contribution in [1.29, 1.82) is 0 Å². The van der Waals surface area contributed by atoms with Gasteiger partial charge in [-0.05, 0) is 55.0 Å². The zero-order valence-corrected chi connectivity index (χ0v) is 18.3. The number of nitrogens with zero attached hydrogens (tertiary/aromatic N) is 3. The molecule has 2 heterocycles. The molecule has 1 fully saturated rings. The average Bonchev–Trinajstić information content (AvgIpc) is 2.81. The van der Waals surface area contributed by atoms with Crippen LogP contribution in [-0.4, -0.2) is 49.1 Å². The topological polar surface area (TPSA) is 54.9 Å². The van der Waals surface area contributed by atoms with Crippen LogP contribution in [0.2, 0.25) is 5.02 Å². The van der Waals surface area contributed by atoms with E-state index >= 15 is 0 Å². The van der Waals surface area contributed by atoms with E-state index in [1.54, 1.807) is 37.6 Å². The molecule has 0 atom stereocenters. The lowest BCUT2D eigenvalue weighted by molar-refractivity contribution is 0.0743. The van der Waals surface area contributed by atoms with Crippen molar-refractivity contribution in [1.82, 2.24) is 9.88 Å². The van der Waals surface area contributed by atoms with Crippen LogP contribution in [0.25, 0.3) is 0 Å². The monoisotopic (exact) mass is 437 g/mol. The molecule has 0 aliphatic carbocycles. The standard InChI is InChI=1S/C24H24ClN3O3/c1-17-16-18(25)9-10-21(17)31-23-19(6-5-11-26-23)24(29)28-14-12-27(13-15-28)20-7-3-4-8-22(20)30-2/h3-11,16H,12-15H2,1-2H3. The van der Waals surface area contributed by atoms with E-state index in [1.807, 2.05) is 42.2 Å². The molecule has 1 aromatic heterocycles. The molecular weight excluding hydrogens is 414 g/mol. The Labute approximate surface area is 187 Å². The van der Waals surface area contributed by atoms with E-state index in [-0.39, 0.29) is 5.91 Å². The number of rotatable bonds is 5. The smallest absolute Gasteiger partial charge is 0.259 e. The third kappa shape index (κ3) is 4.59. The minimum absolute atomic E-state index is 0.0885. The molecule has 2 aromatic carbocycles. The molecule has 0 bridgehead atoms. The van der Waals surface area contributed by atoms with Gasteiger partial charge in [0.15, 0.2) is 0 Å². The van der Waals surface area contributed by atoms with Gasteiger partial charge in [-0.3, -0.25) is 4.79 Å². The number of halogens is 1. The molecule has 0 saturated carbocycles. The number of para-hydroxylation sites is 2. The van der Waals surface area contributed by atoms with Crippen molar-refractivity contribution in [3.63, 3.8) is 0 Å². The van der Waals surface area contributed by atoms with Crippen LogP contribution in [0, 0.1) is 6.92 Å². The second-order valence-electron chi connectivity index (χ2n) is 7.32. The van der Waals surface area contributed by atoms with Crippen LogP contribution in [0.5, 0.6) is 17.4 Å². The Bertz CT molecular complexity index is 1080. The van der Waals surface area contributed by atoms with Gasteiger partial charge in [0.25, 0.3) is 5.91 Å². The number of aryl methyl sites for hydroxylation is 1. The molecule has 0 N–H and O–H groups in total. The maximum absolute atomic E-state index is 13.3. The van der Waals surface area contributed by atoms with Crippen molar-refractivity contribution in [2.75, 3.05) is 38.2 Å². The Morgan fingerprint density at radius 2 is 1.77 bits per heavy atom. The number of aromatic nitrogens is 1. The number of benzene rings is 2. The van der Waals surface area contributed by atoms with Crippen LogP contribution in [0.3, 0.4) is 0 Å². The van der Waals surface area contributed by atoms with Crippen LogP contribution >= 0.6 is 11.6 Å². The lowest BCUT2D eigenvalue weighted by atomic mass is 10.2. The van der Waals surface area contributed by atoms with Gasteiger partial charge in [-0.1, -0.05) is 23.7 Å². The highest BCUT2D eigenvalue weighted by Crippen LogP contribution is 2.30. The number of amides is 1. The number of hydrogen-bond acceptors (Lipinski definition) is 5. The second kappa shape index (κ2) is 9.27. The third-order valence-electron chi connectivity index (χ3n) is 5.34. The zero-order valence-electron chi connectivity index (χ0n) is 17.5. The van der Waals surface area contributed by atoms with Gasteiger partial charge in [-0.15, -0.1) is 0 Å². The minimum atomic E-state index is -0.0885. The summed E-state index contributed by atoms with van der Waals surface area (Å²) < 4.78 is 11.5. The molecule has 0 unspecified atom stereocenters. The van der Waals surface area contributed by atoms with Gasteiger partial charge in [-0.25, -0.2) is 4.98 Å². The SMILES string of the molecule is COc1ccccc1N1CCN(C(=O)c2cccnc2Oc2ccc(Cl)cc2C)CC1. The van der Waals surface area contributed by atoms with E-state index in [9.17, 15) is 4.79 Å². The van der Waals surface area contributed by atoms with Crippen molar-refractivity contribution in [2.45, 2.75) is 6.92 Å². The number of ether oxygens (including phenoxy) is 2. The summed E-state index contributed by atoms with van der Waals surface area (Å²) in [4.78, 5) is 21.6. The number of carbonyl (C=O) groups excluding carboxylic acids is 1. The number of methoxy groups -OCH3 is 1. The van der Waals surface area contributed by atoms with Crippen LogP contribution < -0.4 is 14.4 Å². The van der Waals surface area contributed by atoms with Gasteiger partial charge in [0, 0.05) is 37.4 Å². The third-order valence-corrected chi connectivity index (χ3v) is 5.57. The number of pyridine rings is 1. The average molecular weight is 438 g/mol. The second-order valence-corrected chi connectivity index (χ2v) is 7.76. The first-order chi connectivity index (χ1) is 15.1. The van der Waals surface area contributed by atoms with Crippen LogP contribution in [-0.2, 0) is 0 Å². The molecule has 1 saturated heterocycles. The molecule has 1 aliphatic rings. The maximum Gasteiger partial charge on any atom is 0.259 e. The lowest BCUT2D eigenvalue weighted by Crippen LogP contribution is -2.49. The van der Waals surface area contributed by atoms with E-state index in [4.69, 9.17) is 21.1 Å². The van der Waals surface area contributed by atoms with E-state index in [2.05, 4.69) is 9.88 Å². The maximum atomic E-state index is 13.3. The van der Waals surface area contributed by atoms with Crippen molar-refractivity contribution in [2.24, 2.45) is 0 Å². The predicted octanol–water partition coefficient (Wildman–Crippen LogP) is 4.81. The van der Waals surface area contributed by atoms with E-state index in [0.717, 1.165) is 30.1 Å². The first-order valence-electron chi connectivity index (χ1n) is 10.1. The molecule has 1 aliphatic heterocycles. The minimum Gasteiger partial charge on any atom is -0.495 e. The van der Waals surface area contributed by atoms with Gasteiger partial charge in [0.1, 0.15) is 17.1 Å². The highest BCUT2D eigenvalue weighted by atomic mass is 35.5. The molecule has 160 valence electrons. The largest absolute Gasteiger partial charge is 0.495 e. The predicted molar refractivity (Wildman–Crippen MR) is 122 cm³/mol. The van der Waals surface area contributed by atoms with Crippen LogP contribution in [0.4, 0.5) is 5.69 Å². The summed E-state index contributed by atoms with van der Waals surface area (Å²) in [6.45, 7) is 4.55. The highest BCUT2D eigenvalue weighted by molar-refractivity contribution is 6.30. The molecule has 31 heavy (non-hydrogen) atoms. The molecule has 0 radical (unpaired) electrons. The summed E-state index contributed by atoms with van der Waals surface area (Å²) in [6, 6.07) is 16.8. The fourth-order valence-corrected chi connectivity index (χ4v) is 3.90. The van der Waals surface area contributed by atoms with Gasteiger partial charge in [0.05, 0.1) is 12.8 Å². The molecule has 7 heteroatoms. The summed E-state index contributed by atoms with van der Waals surface area (Å²) >= 11 is 6.03. The van der Waals surface area contributed by atoms with Gasteiger partial charge in [0.2, 0.25) is 5.88 Å². The molecular formula is C24H24ClN3O3. The summed E-state index contributed by atoms with van der Waals surface area (Å²) in [5, 5.41) is 0.634. The molecule has 1 amide bonds. The molecule has 4 rings (SSSR count). The number of carbonyl (C=O) groups is 1. The quantitative estimate of drug-likeness (QED) is 0.573. The van der Waals surface area contributed by atoms with E-state index in [0.29, 0.717) is 35.3 Å². The summed E-state index contributed by atoms with van der Waals surface area (Å²) in [5.74, 6) is 1.67. The van der Waals surface area contributed by atoms with Gasteiger partial charge in [-0.2, -0.15) is 0 Å².